The topological polar surface area (TPSA) is 46.5 Å². The lowest BCUT2D eigenvalue weighted by Crippen LogP contribution is -2.20. The summed E-state index contributed by atoms with van der Waals surface area (Å²) in [6.45, 7) is 4.20. The van der Waals surface area contributed by atoms with E-state index in [2.05, 4.69) is 0 Å². The first kappa shape index (κ1) is 12.7. The van der Waals surface area contributed by atoms with Gasteiger partial charge >= 0.3 is 5.97 Å². The molecule has 0 heterocycles. The smallest absolute Gasteiger partial charge is 0.313 e. The Balaban J connectivity index is 2.66. The normalized spacial score (nSPS) is 14.4. The molecule has 0 fully saturated rings. The number of ether oxygens (including phenoxy) is 1. The van der Waals surface area contributed by atoms with Crippen LogP contribution in [-0.4, -0.2) is 23.8 Å². The molecule has 0 aliphatic carbocycles. The Bertz CT molecular complexity index is 321. The fourth-order valence-electron chi connectivity index (χ4n) is 1.37. The van der Waals surface area contributed by atoms with Gasteiger partial charge in [0.2, 0.25) is 0 Å². The molecule has 0 saturated carbocycles. The molecular formula is C13H18O3. The lowest BCUT2D eigenvalue weighted by Gasteiger charge is -2.16. The number of hydrogen-bond acceptors (Lipinski definition) is 2. The molecule has 1 N–H and O–H groups in total. The van der Waals surface area contributed by atoms with Crippen molar-refractivity contribution in [3.05, 3.63) is 35.9 Å². The molecule has 0 aliphatic heterocycles. The van der Waals surface area contributed by atoms with Crippen LogP contribution in [0.3, 0.4) is 0 Å². The fraction of sp³-hybridized carbons (Fsp3) is 0.462. The Morgan fingerprint density at radius 2 is 2.00 bits per heavy atom. The van der Waals surface area contributed by atoms with Crippen LogP contribution in [-0.2, 0) is 9.53 Å². The van der Waals surface area contributed by atoms with E-state index in [1.165, 1.54) is 0 Å². The Labute approximate surface area is 96.1 Å². The van der Waals surface area contributed by atoms with Crippen LogP contribution in [0.1, 0.15) is 31.7 Å². The quantitative estimate of drug-likeness (QED) is 0.805. The van der Waals surface area contributed by atoms with Gasteiger partial charge < -0.3 is 9.84 Å². The molecule has 1 rings (SSSR count). The first-order chi connectivity index (χ1) is 7.65. The van der Waals surface area contributed by atoms with E-state index in [0.717, 1.165) is 12.0 Å². The van der Waals surface area contributed by atoms with E-state index < -0.39 is 11.9 Å². The first-order valence-electron chi connectivity index (χ1n) is 5.54. The zero-order chi connectivity index (χ0) is 12.0. The number of carbonyl (C=O) groups is 1. The van der Waals surface area contributed by atoms with E-state index in [0.29, 0.717) is 0 Å². The Morgan fingerprint density at radius 3 is 2.50 bits per heavy atom. The predicted octanol–water partition coefficient (Wildman–Crippen LogP) is 2.67. The molecule has 2 atom stereocenters. The molecule has 0 saturated heterocycles. The van der Waals surface area contributed by atoms with E-state index in [9.17, 15) is 4.79 Å². The Morgan fingerprint density at radius 1 is 1.38 bits per heavy atom. The average molecular weight is 222 g/mol. The van der Waals surface area contributed by atoms with Crippen LogP contribution in [0.2, 0.25) is 0 Å². The first-order valence-corrected chi connectivity index (χ1v) is 5.54. The van der Waals surface area contributed by atoms with Crippen molar-refractivity contribution in [2.75, 3.05) is 6.61 Å². The van der Waals surface area contributed by atoms with Crippen molar-refractivity contribution in [1.82, 2.24) is 0 Å². The average Bonchev–Trinajstić information content (AvgIpc) is 2.30. The number of hydrogen-bond donors (Lipinski definition) is 1. The van der Waals surface area contributed by atoms with Gasteiger partial charge in [-0.1, -0.05) is 37.3 Å². The van der Waals surface area contributed by atoms with Crippen LogP contribution < -0.4 is 0 Å². The molecule has 0 bridgehead atoms. The highest BCUT2D eigenvalue weighted by Gasteiger charge is 2.20. The molecule has 1 aromatic rings. The summed E-state index contributed by atoms with van der Waals surface area (Å²) in [5.41, 5.74) is 0.790. The van der Waals surface area contributed by atoms with Gasteiger partial charge in [-0.05, 0) is 18.9 Å². The SMILES string of the molecule is CCC(C)OCC(C(=O)O)c1ccccc1. The number of carboxylic acid groups (broad SMARTS) is 1. The second kappa shape index (κ2) is 6.28. The predicted molar refractivity (Wildman–Crippen MR) is 62.5 cm³/mol. The van der Waals surface area contributed by atoms with Crippen molar-refractivity contribution < 1.29 is 14.6 Å². The van der Waals surface area contributed by atoms with Gasteiger partial charge in [0, 0.05) is 0 Å². The molecule has 0 amide bonds. The highest BCUT2D eigenvalue weighted by molar-refractivity contribution is 5.76. The van der Waals surface area contributed by atoms with Crippen molar-refractivity contribution in [3.63, 3.8) is 0 Å². The highest BCUT2D eigenvalue weighted by Crippen LogP contribution is 2.17. The van der Waals surface area contributed by atoms with E-state index in [-0.39, 0.29) is 12.7 Å². The van der Waals surface area contributed by atoms with Crippen LogP contribution in [0.4, 0.5) is 0 Å². The third-order valence-electron chi connectivity index (χ3n) is 2.62. The van der Waals surface area contributed by atoms with Gasteiger partial charge in [0.05, 0.1) is 12.7 Å². The molecule has 88 valence electrons. The molecule has 3 nitrogen and oxygen atoms in total. The minimum atomic E-state index is -0.838. The minimum Gasteiger partial charge on any atom is -0.481 e. The Hall–Kier alpha value is -1.35. The summed E-state index contributed by atoms with van der Waals surface area (Å²) in [7, 11) is 0. The van der Waals surface area contributed by atoms with Crippen LogP contribution in [0, 0.1) is 0 Å². The summed E-state index contributed by atoms with van der Waals surface area (Å²) >= 11 is 0. The molecule has 2 unspecified atom stereocenters. The summed E-state index contributed by atoms with van der Waals surface area (Å²) in [5.74, 6) is -1.41. The second-order valence-corrected chi connectivity index (χ2v) is 3.85. The number of rotatable bonds is 6. The van der Waals surface area contributed by atoms with Gasteiger partial charge in [-0.25, -0.2) is 0 Å². The molecule has 0 aliphatic rings. The zero-order valence-corrected chi connectivity index (χ0v) is 9.72. The van der Waals surface area contributed by atoms with Gasteiger partial charge in [0.1, 0.15) is 5.92 Å². The van der Waals surface area contributed by atoms with Crippen LogP contribution in [0.5, 0.6) is 0 Å². The lowest BCUT2D eigenvalue weighted by molar-refractivity contribution is -0.140. The standard InChI is InChI=1S/C13H18O3/c1-3-10(2)16-9-12(13(14)15)11-7-5-4-6-8-11/h4-8,10,12H,3,9H2,1-2H3,(H,14,15). The van der Waals surface area contributed by atoms with Crippen molar-refractivity contribution in [2.45, 2.75) is 32.3 Å². The summed E-state index contributed by atoms with van der Waals surface area (Å²) in [6.07, 6.45) is 0.992. The molecule has 16 heavy (non-hydrogen) atoms. The second-order valence-electron chi connectivity index (χ2n) is 3.85. The van der Waals surface area contributed by atoms with Gasteiger partial charge in [-0.2, -0.15) is 0 Å². The molecule has 1 aromatic carbocycles. The van der Waals surface area contributed by atoms with E-state index >= 15 is 0 Å². The summed E-state index contributed by atoms with van der Waals surface area (Å²) in [4.78, 5) is 11.1. The Kier molecular flexibility index (Phi) is 4.99. The monoisotopic (exact) mass is 222 g/mol. The van der Waals surface area contributed by atoms with Crippen LogP contribution in [0.25, 0.3) is 0 Å². The summed E-state index contributed by atoms with van der Waals surface area (Å²) in [6, 6.07) is 9.19. The molecular weight excluding hydrogens is 204 g/mol. The highest BCUT2D eigenvalue weighted by atomic mass is 16.5. The third kappa shape index (κ3) is 3.66. The maximum Gasteiger partial charge on any atom is 0.313 e. The lowest BCUT2D eigenvalue weighted by atomic mass is 10.0. The number of benzene rings is 1. The van der Waals surface area contributed by atoms with Crippen molar-refractivity contribution in [2.24, 2.45) is 0 Å². The number of aliphatic carboxylic acids is 1. The van der Waals surface area contributed by atoms with Gasteiger partial charge in [0.25, 0.3) is 0 Å². The van der Waals surface area contributed by atoms with E-state index in [4.69, 9.17) is 9.84 Å². The van der Waals surface area contributed by atoms with Crippen molar-refractivity contribution in [3.8, 4) is 0 Å². The van der Waals surface area contributed by atoms with Gasteiger partial charge in [-0.15, -0.1) is 0 Å². The molecule has 0 aromatic heterocycles. The molecule has 0 spiro atoms. The van der Waals surface area contributed by atoms with Crippen molar-refractivity contribution >= 4 is 5.97 Å². The van der Waals surface area contributed by atoms with Crippen molar-refractivity contribution in [1.29, 1.82) is 0 Å². The number of carboxylic acids is 1. The van der Waals surface area contributed by atoms with E-state index in [1.54, 1.807) is 0 Å². The molecule has 3 heteroatoms. The van der Waals surface area contributed by atoms with Crippen LogP contribution >= 0.6 is 0 Å². The molecule has 0 radical (unpaired) electrons. The van der Waals surface area contributed by atoms with Crippen LogP contribution in [0.15, 0.2) is 30.3 Å². The summed E-state index contributed by atoms with van der Waals surface area (Å²) < 4.78 is 5.49. The fourth-order valence-corrected chi connectivity index (χ4v) is 1.37. The zero-order valence-electron chi connectivity index (χ0n) is 9.72. The van der Waals surface area contributed by atoms with E-state index in [1.807, 2.05) is 44.2 Å². The van der Waals surface area contributed by atoms with Gasteiger partial charge in [-0.3, -0.25) is 4.79 Å². The minimum absolute atomic E-state index is 0.102. The summed E-state index contributed by atoms with van der Waals surface area (Å²) in [5, 5.41) is 9.13. The third-order valence-corrected chi connectivity index (χ3v) is 2.62. The maximum atomic E-state index is 11.1. The largest absolute Gasteiger partial charge is 0.481 e. The maximum absolute atomic E-state index is 11.1. The van der Waals surface area contributed by atoms with Gasteiger partial charge in [0.15, 0.2) is 0 Å².